The summed E-state index contributed by atoms with van der Waals surface area (Å²) in [4.78, 5) is 9.14. The van der Waals surface area contributed by atoms with Gasteiger partial charge in [-0.3, -0.25) is 4.99 Å². The van der Waals surface area contributed by atoms with Gasteiger partial charge in [0.25, 0.3) is 0 Å². The van der Waals surface area contributed by atoms with E-state index in [9.17, 15) is 0 Å². The van der Waals surface area contributed by atoms with Crippen LogP contribution in [0.2, 0.25) is 0 Å². The Morgan fingerprint density at radius 2 is 2.04 bits per heavy atom. The molecular weight excluding hydrogens is 481 g/mol. The van der Waals surface area contributed by atoms with Crippen molar-refractivity contribution in [2.45, 2.75) is 32.2 Å². The van der Waals surface area contributed by atoms with Crippen molar-refractivity contribution < 1.29 is 0 Å². The zero-order chi connectivity index (χ0) is 16.7. The van der Waals surface area contributed by atoms with Gasteiger partial charge in [-0.15, -0.1) is 24.0 Å². The Morgan fingerprint density at radius 1 is 1.33 bits per heavy atom. The molecule has 0 atom stereocenters. The van der Waals surface area contributed by atoms with Gasteiger partial charge in [0.15, 0.2) is 5.96 Å². The van der Waals surface area contributed by atoms with Crippen LogP contribution in [0, 0.1) is 0 Å². The highest BCUT2D eigenvalue weighted by Crippen LogP contribution is 2.15. The summed E-state index contributed by atoms with van der Waals surface area (Å²) in [6.07, 6.45) is 7.30. The number of nitrogens with one attached hydrogen (secondary N) is 1. The van der Waals surface area contributed by atoms with Gasteiger partial charge in [0.1, 0.15) is 0 Å². The molecule has 0 aliphatic carbocycles. The van der Waals surface area contributed by atoms with Crippen molar-refractivity contribution in [3.8, 4) is 0 Å². The lowest BCUT2D eigenvalue weighted by molar-refractivity contribution is 0.330. The number of hydrogen-bond acceptors (Lipinski definition) is 2. The Labute approximate surface area is 172 Å². The van der Waals surface area contributed by atoms with Crippen LogP contribution in [0.25, 0.3) is 0 Å². The number of likely N-dealkylation sites (tertiary alicyclic amines) is 1. The highest BCUT2D eigenvalue weighted by Gasteiger charge is 2.11. The molecule has 0 bridgehead atoms. The van der Waals surface area contributed by atoms with E-state index in [1.807, 2.05) is 7.05 Å². The van der Waals surface area contributed by atoms with Crippen molar-refractivity contribution in [2.75, 3.05) is 40.3 Å². The van der Waals surface area contributed by atoms with E-state index in [4.69, 9.17) is 0 Å². The van der Waals surface area contributed by atoms with Crippen molar-refractivity contribution in [3.05, 3.63) is 22.4 Å². The molecule has 1 saturated heterocycles. The van der Waals surface area contributed by atoms with Crippen molar-refractivity contribution >= 4 is 45.9 Å². The maximum Gasteiger partial charge on any atom is 0.193 e. The van der Waals surface area contributed by atoms with Gasteiger partial charge in [0.05, 0.1) is 6.54 Å². The van der Waals surface area contributed by atoms with Gasteiger partial charge in [0, 0.05) is 44.1 Å². The summed E-state index contributed by atoms with van der Waals surface area (Å²) in [5.74, 6) is 0.962. The maximum atomic E-state index is 4.40. The molecule has 5 nitrogen and oxygen atoms in total. The molecule has 2 rings (SSSR count). The van der Waals surface area contributed by atoms with Crippen LogP contribution >= 0.6 is 39.9 Å². The Balaban J connectivity index is 0.00000288. The fraction of sp³-hybridized carbons (Fsp3) is 0.706. The monoisotopic (exact) mass is 511 g/mol. The molecule has 1 fully saturated rings. The highest BCUT2D eigenvalue weighted by atomic mass is 127. The van der Waals surface area contributed by atoms with Crippen LogP contribution in [0.3, 0.4) is 0 Å². The van der Waals surface area contributed by atoms with E-state index in [-0.39, 0.29) is 24.0 Å². The minimum atomic E-state index is 0. The number of guanidine groups is 1. The quantitative estimate of drug-likeness (QED) is 0.264. The fourth-order valence-electron chi connectivity index (χ4n) is 3.09. The highest BCUT2D eigenvalue weighted by molar-refractivity contribution is 14.0. The molecule has 0 spiro atoms. The van der Waals surface area contributed by atoms with Crippen molar-refractivity contribution in [3.63, 3.8) is 0 Å². The standard InChI is InChI=1S/C17H30BrN5.HI/c1-19-17(20-8-4-5-9-23-10-6-7-11-23)22(3)14-16-12-15(18)13-21(16)2;/h12-13H,4-11,14H2,1-3H3,(H,19,20);1H. The summed E-state index contributed by atoms with van der Waals surface area (Å²) >= 11 is 3.52. The van der Waals surface area contributed by atoms with Crippen LogP contribution in [0.15, 0.2) is 21.7 Å². The molecule has 2 heterocycles. The van der Waals surface area contributed by atoms with Crippen LogP contribution in [0.4, 0.5) is 0 Å². The number of unbranched alkanes of at least 4 members (excludes halogenated alkanes) is 1. The van der Waals surface area contributed by atoms with Crippen molar-refractivity contribution in [2.24, 2.45) is 12.0 Å². The number of aliphatic imine (C=N–C) groups is 1. The molecule has 0 amide bonds. The normalized spacial score (nSPS) is 15.4. The Hall–Kier alpha value is -0.280. The first-order chi connectivity index (χ1) is 11.1. The molecule has 1 aromatic rings. The van der Waals surface area contributed by atoms with Gasteiger partial charge < -0.3 is 19.7 Å². The lowest BCUT2D eigenvalue weighted by Crippen LogP contribution is -2.39. The average Bonchev–Trinajstić information content (AvgIpc) is 3.13. The summed E-state index contributed by atoms with van der Waals surface area (Å²) in [6, 6.07) is 2.15. The summed E-state index contributed by atoms with van der Waals surface area (Å²) in [6.45, 7) is 5.67. The van der Waals surface area contributed by atoms with Crippen molar-refractivity contribution in [1.29, 1.82) is 0 Å². The number of rotatable bonds is 7. The zero-order valence-corrected chi connectivity index (χ0v) is 19.0. The predicted octanol–water partition coefficient (Wildman–Crippen LogP) is 3.29. The molecule has 138 valence electrons. The fourth-order valence-corrected chi connectivity index (χ4v) is 3.66. The lowest BCUT2D eigenvalue weighted by atomic mass is 10.3. The Bertz CT molecular complexity index is 511. The lowest BCUT2D eigenvalue weighted by Gasteiger charge is -2.22. The van der Waals surface area contributed by atoms with Gasteiger partial charge in [-0.2, -0.15) is 0 Å². The van der Waals surface area contributed by atoms with Gasteiger partial charge in [0.2, 0.25) is 0 Å². The summed E-state index contributed by atoms with van der Waals surface area (Å²) < 4.78 is 3.26. The summed E-state index contributed by atoms with van der Waals surface area (Å²) in [7, 11) is 6.01. The van der Waals surface area contributed by atoms with Gasteiger partial charge >= 0.3 is 0 Å². The molecule has 0 saturated carbocycles. The van der Waals surface area contributed by atoms with E-state index in [0.717, 1.165) is 23.5 Å². The minimum Gasteiger partial charge on any atom is -0.356 e. The minimum absolute atomic E-state index is 0. The van der Waals surface area contributed by atoms with Crippen LogP contribution in [0.5, 0.6) is 0 Å². The first-order valence-corrected chi connectivity index (χ1v) is 9.34. The molecule has 24 heavy (non-hydrogen) atoms. The van der Waals surface area contributed by atoms with Crippen molar-refractivity contribution in [1.82, 2.24) is 19.7 Å². The van der Waals surface area contributed by atoms with Crippen LogP contribution in [-0.4, -0.2) is 60.6 Å². The topological polar surface area (TPSA) is 35.8 Å². The Morgan fingerprint density at radius 3 is 2.62 bits per heavy atom. The zero-order valence-electron chi connectivity index (χ0n) is 15.1. The number of halogens is 2. The number of aryl methyl sites for hydroxylation is 1. The third-order valence-corrected chi connectivity index (χ3v) is 4.86. The van der Waals surface area contributed by atoms with E-state index in [0.29, 0.717) is 0 Å². The van der Waals surface area contributed by atoms with E-state index >= 15 is 0 Å². The van der Waals surface area contributed by atoms with Crippen LogP contribution < -0.4 is 5.32 Å². The first kappa shape index (κ1) is 21.8. The molecular formula is C17H31BrIN5. The van der Waals surface area contributed by atoms with Gasteiger partial charge in [-0.1, -0.05) is 0 Å². The molecule has 1 aromatic heterocycles. The maximum absolute atomic E-state index is 4.40. The van der Waals surface area contributed by atoms with E-state index in [2.05, 4.69) is 67.0 Å². The largest absolute Gasteiger partial charge is 0.356 e. The van der Waals surface area contributed by atoms with E-state index in [1.165, 1.54) is 51.0 Å². The van der Waals surface area contributed by atoms with Gasteiger partial charge in [-0.25, -0.2) is 0 Å². The van der Waals surface area contributed by atoms with E-state index < -0.39 is 0 Å². The summed E-state index contributed by atoms with van der Waals surface area (Å²) in [5, 5.41) is 3.48. The third-order valence-electron chi connectivity index (χ3n) is 4.43. The molecule has 0 aromatic carbocycles. The second kappa shape index (κ2) is 11.4. The van der Waals surface area contributed by atoms with E-state index in [1.54, 1.807) is 0 Å². The average molecular weight is 512 g/mol. The predicted molar refractivity (Wildman–Crippen MR) is 116 cm³/mol. The Kier molecular flexibility index (Phi) is 10.3. The molecule has 0 unspecified atom stereocenters. The number of aromatic nitrogens is 1. The van der Waals surface area contributed by atoms with Crippen LogP contribution in [-0.2, 0) is 13.6 Å². The second-order valence-electron chi connectivity index (χ2n) is 6.35. The summed E-state index contributed by atoms with van der Waals surface area (Å²) in [5.41, 5.74) is 1.26. The number of nitrogens with zero attached hydrogens (tertiary/aromatic N) is 4. The number of hydrogen-bond donors (Lipinski definition) is 1. The van der Waals surface area contributed by atoms with Gasteiger partial charge in [-0.05, 0) is 67.3 Å². The van der Waals surface area contributed by atoms with Crippen LogP contribution in [0.1, 0.15) is 31.4 Å². The molecule has 1 aliphatic heterocycles. The molecule has 1 aliphatic rings. The SMILES string of the molecule is CN=C(NCCCCN1CCCC1)N(C)Cc1cc(Br)cn1C.I. The first-order valence-electron chi connectivity index (χ1n) is 8.55. The molecule has 0 radical (unpaired) electrons. The smallest absolute Gasteiger partial charge is 0.193 e. The molecule has 1 N–H and O–H groups in total. The molecule has 7 heteroatoms. The third kappa shape index (κ3) is 6.92. The second-order valence-corrected chi connectivity index (χ2v) is 7.26.